The first kappa shape index (κ1) is 18.8. The highest BCUT2D eigenvalue weighted by Crippen LogP contribution is 2.53. The van der Waals surface area contributed by atoms with Gasteiger partial charge >= 0.3 is 5.97 Å². The topological polar surface area (TPSA) is 77.4 Å². The summed E-state index contributed by atoms with van der Waals surface area (Å²) in [6.45, 7) is 0. The number of carboxylic acid groups (broad SMARTS) is 2. The Morgan fingerprint density at radius 1 is 1.13 bits per heavy atom. The number of allylic oxidation sites excluding steroid dienone is 2. The summed E-state index contributed by atoms with van der Waals surface area (Å²) in [5, 5.41) is 24.8. The summed E-state index contributed by atoms with van der Waals surface area (Å²) in [5.41, 5.74) is 4.41. The van der Waals surface area contributed by atoms with E-state index in [0.29, 0.717) is 24.5 Å². The molecule has 5 aliphatic rings. The van der Waals surface area contributed by atoms with Crippen LogP contribution in [0.1, 0.15) is 56.4 Å². The Hall–Kier alpha value is -2.92. The Morgan fingerprint density at radius 2 is 1.94 bits per heavy atom. The molecular weight excluding hydrogens is 390 g/mol. The minimum atomic E-state index is -1.17. The van der Waals surface area contributed by atoms with Crippen LogP contribution in [0.4, 0.5) is 4.79 Å². The Bertz CT molecular complexity index is 1240. The number of benzene rings is 1. The molecule has 1 saturated carbocycles. The van der Waals surface area contributed by atoms with Crippen molar-refractivity contribution in [1.82, 2.24) is 0 Å². The molecule has 3 atom stereocenters. The standard InChI is InChI=1S/C26H25NO4/c28-25(29)19-10-5-11-22-21(19)14-24-18-9-4-8-17(15-6-2-1-3-7-15)20(18)12-16-13-23(16)27(22,24)26(30)31/h4-5,8-9,11-13,15,19,23H,1-3,6-7,10,14H2,(H-,28,29,30,31)/t19-,23?,27?/m0/s1. The Balaban J connectivity index is 1.65. The van der Waals surface area contributed by atoms with E-state index in [0.717, 1.165) is 27.3 Å². The molecule has 31 heavy (non-hydrogen) atoms. The van der Waals surface area contributed by atoms with Gasteiger partial charge in [0.05, 0.1) is 12.3 Å². The number of amides is 1. The molecule has 0 bridgehead atoms. The van der Waals surface area contributed by atoms with Crippen molar-refractivity contribution >= 4 is 23.8 Å². The summed E-state index contributed by atoms with van der Waals surface area (Å²) in [6.07, 6.45) is 13.5. The van der Waals surface area contributed by atoms with Crippen LogP contribution < -0.4 is 15.5 Å². The number of hydrogen-bond acceptors (Lipinski definition) is 3. The molecule has 1 amide bonds. The monoisotopic (exact) mass is 415 g/mol. The molecule has 1 aromatic carbocycles. The minimum Gasteiger partial charge on any atom is -0.498 e. The maximum absolute atomic E-state index is 12.9. The summed E-state index contributed by atoms with van der Waals surface area (Å²) in [4.78, 5) is 24.8. The lowest BCUT2D eigenvalue weighted by Crippen LogP contribution is -2.58. The van der Waals surface area contributed by atoms with Crippen molar-refractivity contribution < 1.29 is 24.3 Å². The first-order valence-corrected chi connectivity index (χ1v) is 11.3. The summed E-state index contributed by atoms with van der Waals surface area (Å²) < 4.78 is -0.386. The fraction of sp³-hybridized carbons (Fsp3) is 0.385. The van der Waals surface area contributed by atoms with E-state index in [4.69, 9.17) is 0 Å². The highest BCUT2D eigenvalue weighted by Gasteiger charge is 2.59. The van der Waals surface area contributed by atoms with Crippen LogP contribution in [-0.2, 0) is 4.79 Å². The molecule has 1 N–H and O–H groups in total. The third-order valence-corrected chi connectivity index (χ3v) is 7.95. The van der Waals surface area contributed by atoms with Crippen LogP contribution in [0.5, 0.6) is 0 Å². The zero-order valence-electron chi connectivity index (χ0n) is 17.3. The second-order valence-corrected chi connectivity index (χ2v) is 9.45. The van der Waals surface area contributed by atoms with Crippen LogP contribution in [0, 0.1) is 5.92 Å². The minimum absolute atomic E-state index is 0.309. The van der Waals surface area contributed by atoms with Gasteiger partial charge in [-0.15, -0.1) is 0 Å². The number of quaternary nitrogens is 1. The smallest absolute Gasteiger partial charge is 0.311 e. The maximum Gasteiger partial charge on any atom is 0.311 e. The van der Waals surface area contributed by atoms with E-state index in [1.807, 2.05) is 24.3 Å². The zero-order chi connectivity index (χ0) is 21.3. The van der Waals surface area contributed by atoms with Gasteiger partial charge in [0, 0.05) is 16.4 Å². The van der Waals surface area contributed by atoms with Crippen molar-refractivity contribution in [3.05, 3.63) is 69.3 Å². The fourth-order valence-electron chi connectivity index (χ4n) is 6.46. The van der Waals surface area contributed by atoms with Gasteiger partial charge in [0.1, 0.15) is 17.4 Å². The van der Waals surface area contributed by atoms with Gasteiger partial charge in [-0.2, -0.15) is 0 Å². The van der Waals surface area contributed by atoms with Gasteiger partial charge in [0.15, 0.2) is 0 Å². The number of carbonyl (C=O) groups is 2. The first-order valence-electron chi connectivity index (χ1n) is 11.3. The molecule has 0 aromatic heterocycles. The van der Waals surface area contributed by atoms with Crippen LogP contribution >= 0.6 is 0 Å². The van der Waals surface area contributed by atoms with E-state index in [1.54, 1.807) is 6.08 Å². The number of rotatable bonds is 2. The van der Waals surface area contributed by atoms with E-state index in [9.17, 15) is 19.8 Å². The van der Waals surface area contributed by atoms with Gasteiger partial charge in [-0.1, -0.05) is 37.5 Å². The summed E-state index contributed by atoms with van der Waals surface area (Å²) in [6, 6.07) is 5.95. The summed E-state index contributed by atoms with van der Waals surface area (Å²) >= 11 is 0. The quantitative estimate of drug-likeness (QED) is 0.753. The second-order valence-electron chi connectivity index (χ2n) is 9.45. The van der Waals surface area contributed by atoms with Crippen LogP contribution in [0.25, 0.3) is 11.8 Å². The van der Waals surface area contributed by atoms with Gasteiger partial charge < -0.3 is 15.0 Å². The van der Waals surface area contributed by atoms with Gasteiger partial charge in [-0.3, -0.25) is 4.79 Å². The average Bonchev–Trinajstić information content (AvgIpc) is 3.46. The number of aliphatic carboxylic acids is 1. The van der Waals surface area contributed by atoms with Crippen LogP contribution in [0.2, 0.25) is 0 Å². The highest BCUT2D eigenvalue weighted by atomic mass is 16.4. The highest BCUT2D eigenvalue weighted by molar-refractivity contribution is 5.81. The van der Waals surface area contributed by atoms with Crippen molar-refractivity contribution in [2.24, 2.45) is 5.92 Å². The Kier molecular flexibility index (Phi) is 3.97. The summed E-state index contributed by atoms with van der Waals surface area (Å²) in [7, 11) is 0. The van der Waals surface area contributed by atoms with E-state index >= 15 is 0 Å². The molecule has 3 aliphatic carbocycles. The molecule has 2 unspecified atom stereocenters. The SMILES string of the molecule is O=C(O)[C@H]1CC=CC2=C1CC1=c3cccc(C4CCCCC4)c3=CC3=CC3[N+]21C(=O)[O-]. The van der Waals surface area contributed by atoms with E-state index in [-0.39, 0.29) is 10.5 Å². The van der Waals surface area contributed by atoms with Crippen LogP contribution in [0.15, 0.2) is 53.3 Å². The van der Waals surface area contributed by atoms with Gasteiger partial charge in [-0.25, -0.2) is 4.48 Å². The molecule has 158 valence electrons. The molecular formula is C26H25NO4. The zero-order valence-corrected chi connectivity index (χ0v) is 17.3. The predicted octanol–water partition coefficient (Wildman–Crippen LogP) is 2.42. The Morgan fingerprint density at radius 3 is 2.68 bits per heavy atom. The van der Waals surface area contributed by atoms with Crippen molar-refractivity contribution in [1.29, 1.82) is 0 Å². The van der Waals surface area contributed by atoms with Crippen molar-refractivity contribution in [3.63, 3.8) is 0 Å². The fourth-order valence-corrected chi connectivity index (χ4v) is 6.46. The first-order chi connectivity index (χ1) is 15.0. The third-order valence-electron chi connectivity index (χ3n) is 7.95. The average molecular weight is 415 g/mol. The maximum atomic E-state index is 12.9. The molecule has 0 saturated heterocycles. The Labute approximate surface area is 180 Å². The van der Waals surface area contributed by atoms with Gasteiger partial charge in [-0.05, 0) is 60.3 Å². The summed E-state index contributed by atoms with van der Waals surface area (Å²) in [5.74, 6) is -1.07. The molecule has 2 heterocycles. The van der Waals surface area contributed by atoms with Crippen LogP contribution in [-0.4, -0.2) is 27.7 Å². The predicted molar refractivity (Wildman–Crippen MR) is 113 cm³/mol. The molecule has 0 spiro atoms. The van der Waals surface area contributed by atoms with E-state index in [1.165, 1.54) is 37.7 Å². The number of fused-ring (bicyclic) bond motifs is 5. The molecule has 6 rings (SSSR count). The molecule has 5 nitrogen and oxygen atoms in total. The number of hydrogen-bond donors (Lipinski definition) is 1. The number of carbonyl (C=O) groups excluding carboxylic acids is 1. The van der Waals surface area contributed by atoms with Gasteiger partial charge in [0.25, 0.3) is 6.09 Å². The third kappa shape index (κ3) is 2.47. The molecule has 0 radical (unpaired) electrons. The van der Waals surface area contributed by atoms with Crippen molar-refractivity contribution in [2.45, 2.75) is 56.9 Å². The van der Waals surface area contributed by atoms with Gasteiger partial charge in [0.2, 0.25) is 0 Å². The normalized spacial score (nSPS) is 31.0. The number of nitrogens with zero attached hydrogens (tertiary/aromatic N) is 1. The van der Waals surface area contributed by atoms with E-state index in [2.05, 4.69) is 12.1 Å². The molecule has 2 aliphatic heterocycles. The largest absolute Gasteiger partial charge is 0.498 e. The molecule has 1 aromatic rings. The molecule has 1 fully saturated rings. The van der Waals surface area contributed by atoms with Crippen LogP contribution in [0.3, 0.4) is 0 Å². The van der Waals surface area contributed by atoms with Crippen molar-refractivity contribution in [3.8, 4) is 0 Å². The lowest BCUT2D eigenvalue weighted by atomic mass is 9.82. The lowest BCUT2D eigenvalue weighted by Gasteiger charge is -2.37. The van der Waals surface area contributed by atoms with E-state index < -0.39 is 18.0 Å². The second kappa shape index (κ2) is 6.54. The van der Waals surface area contributed by atoms with Crippen molar-refractivity contribution in [2.75, 3.05) is 0 Å². The number of carboxylic acids is 1. The molecule has 5 heteroatoms. The lowest BCUT2D eigenvalue weighted by molar-refractivity contribution is -0.774.